The normalized spacial score (nSPS) is 17.2. The van der Waals surface area contributed by atoms with E-state index in [1.54, 1.807) is 42.3 Å². The van der Waals surface area contributed by atoms with Crippen molar-refractivity contribution in [3.8, 4) is 5.75 Å². The van der Waals surface area contributed by atoms with Gasteiger partial charge in [0.2, 0.25) is 17.8 Å². The second-order valence-corrected chi connectivity index (χ2v) is 16.7. The zero-order valence-electron chi connectivity index (χ0n) is 32.5. The van der Waals surface area contributed by atoms with Crippen molar-refractivity contribution in [2.24, 2.45) is 0 Å². The first kappa shape index (κ1) is 40.9. The lowest BCUT2D eigenvalue weighted by atomic mass is 10.0. The van der Waals surface area contributed by atoms with Gasteiger partial charge >= 0.3 is 7.60 Å². The Kier molecular flexibility index (Phi) is 12.8. The van der Waals surface area contributed by atoms with E-state index in [-0.39, 0.29) is 29.2 Å². The van der Waals surface area contributed by atoms with E-state index in [0.717, 1.165) is 62.4 Å². The van der Waals surface area contributed by atoms with Gasteiger partial charge in [-0.3, -0.25) is 24.3 Å². The smallest absolute Gasteiger partial charge is 0.362 e. The average molecular weight is 832 g/mol. The van der Waals surface area contributed by atoms with E-state index in [1.165, 1.54) is 20.4 Å². The van der Waals surface area contributed by atoms with E-state index < -0.39 is 19.5 Å². The molecular weight excluding hydrogens is 785 g/mol. The maximum absolute atomic E-state index is 13.2. The summed E-state index contributed by atoms with van der Waals surface area (Å²) in [4.78, 5) is 50.1. The molecule has 1 aromatic heterocycles. The van der Waals surface area contributed by atoms with Gasteiger partial charge in [-0.2, -0.15) is 4.98 Å². The van der Waals surface area contributed by atoms with Crippen molar-refractivity contribution in [2.75, 3.05) is 68.4 Å². The van der Waals surface area contributed by atoms with Crippen molar-refractivity contribution in [3.63, 3.8) is 0 Å². The number of ether oxygens (including phenoxy) is 1. The first-order chi connectivity index (χ1) is 28.1. The molecule has 0 aliphatic carbocycles. The summed E-state index contributed by atoms with van der Waals surface area (Å²) in [5.74, 6) is 0.323. The monoisotopic (exact) mass is 831 g/mol. The molecule has 18 heteroatoms. The van der Waals surface area contributed by atoms with Gasteiger partial charge in [0, 0.05) is 81.4 Å². The molecule has 0 saturated carbocycles. The van der Waals surface area contributed by atoms with E-state index in [0.29, 0.717) is 52.8 Å². The van der Waals surface area contributed by atoms with Crippen LogP contribution in [0.15, 0.2) is 66.9 Å². The molecule has 7 rings (SSSR count). The number of carbonyl (C=O) groups is 3. The van der Waals surface area contributed by atoms with Crippen molar-refractivity contribution in [3.05, 3.63) is 83.0 Å². The molecule has 3 aliphatic heterocycles. The third-order valence-corrected chi connectivity index (χ3v) is 12.9. The quantitative estimate of drug-likeness (QED) is 0.0537. The molecule has 0 radical (unpaired) electrons. The van der Waals surface area contributed by atoms with Crippen molar-refractivity contribution >= 4 is 76.7 Å². The van der Waals surface area contributed by atoms with E-state index in [9.17, 15) is 18.9 Å². The standard InChI is InChI=1S/C40H47ClN9O7P/c1-55-34-22-26(12-13-31(34)46-40-44-23-29(41)37(48-40)45-32-9-4-5-11-35(32)58(54,56-2)57-3)49-20-16-25(17-21-49)42-18-7-19-43-30-10-6-8-27-28(30)24-50(39(27)53)33-14-15-36(51)47-38(33)52/h4-6,8-13,22-23,25,33,42-43H,7,14-21,24H2,1-3H3,(H,47,51,52)(H2,44,45,46,48). The number of amides is 3. The Balaban J connectivity index is 0.885. The van der Waals surface area contributed by atoms with Gasteiger partial charge in [-0.15, -0.1) is 0 Å². The average Bonchev–Trinajstić information content (AvgIpc) is 3.58. The number of fused-ring (bicyclic) bond motifs is 1. The fourth-order valence-corrected chi connectivity index (χ4v) is 8.92. The maximum atomic E-state index is 13.2. The highest BCUT2D eigenvalue weighted by Crippen LogP contribution is 2.47. The van der Waals surface area contributed by atoms with Gasteiger partial charge in [0.05, 0.1) is 30.0 Å². The summed E-state index contributed by atoms with van der Waals surface area (Å²) >= 11 is 6.46. The maximum Gasteiger partial charge on any atom is 0.362 e. The number of benzene rings is 3. The number of nitrogens with zero attached hydrogens (tertiary/aromatic N) is 4. The number of hydrogen-bond donors (Lipinski definition) is 5. The van der Waals surface area contributed by atoms with Crippen LogP contribution in [0.2, 0.25) is 5.02 Å². The minimum Gasteiger partial charge on any atom is -0.494 e. The highest BCUT2D eigenvalue weighted by molar-refractivity contribution is 7.62. The molecule has 4 heterocycles. The SMILES string of the molecule is COc1cc(N2CCC(NCCCNc3cccc4c3CN(C3CCC(=O)NC3=O)C4=O)CC2)ccc1Nc1ncc(Cl)c(Nc2ccccc2P(=O)(OC)OC)n1. The number of hydrogen-bond acceptors (Lipinski definition) is 14. The van der Waals surface area contributed by atoms with E-state index in [4.69, 9.17) is 25.4 Å². The fraction of sp³-hybridized carbons (Fsp3) is 0.375. The van der Waals surface area contributed by atoms with Crippen LogP contribution >= 0.6 is 19.2 Å². The minimum absolute atomic E-state index is 0.174. The molecule has 58 heavy (non-hydrogen) atoms. The molecule has 4 aromatic rings. The van der Waals surface area contributed by atoms with Crippen LogP contribution in [-0.4, -0.2) is 92.2 Å². The Morgan fingerprint density at radius 3 is 2.45 bits per heavy atom. The number of para-hydroxylation sites is 1. The molecule has 2 fully saturated rings. The second kappa shape index (κ2) is 18.1. The summed E-state index contributed by atoms with van der Waals surface area (Å²) in [5, 5.41) is 16.5. The van der Waals surface area contributed by atoms with Crippen LogP contribution < -0.4 is 41.5 Å². The van der Waals surface area contributed by atoms with Crippen LogP contribution in [0.4, 0.5) is 34.5 Å². The third-order valence-electron chi connectivity index (χ3n) is 10.7. The molecule has 3 aromatic carbocycles. The first-order valence-corrected chi connectivity index (χ1v) is 21.1. The van der Waals surface area contributed by atoms with Gasteiger partial charge in [-0.1, -0.05) is 29.8 Å². The summed E-state index contributed by atoms with van der Waals surface area (Å²) < 4.78 is 29.4. The summed E-state index contributed by atoms with van der Waals surface area (Å²) in [7, 11) is 0.709. The lowest BCUT2D eigenvalue weighted by molar-refractivity contribution is -0.136. The van der Waals surface area contributed by atoms with Crippen LogP contribution in [0.5, 0.6) is 5.75 Å². The highest BCUT2D eigenvalue weighted by Gasteiger charge is 2.40. The number of nitrogens with one attached hydrogen (secondary N) is 5. The first-order valence-electron chi connectivity index (χ1n) is 19.1. The van der Waals surface area contributed by atoms with Crippen molar-refractivity contribution in [1.29, 1.82) is 0 Å². The van der Waals surface area contributed by atoms with Crippen LogP contribution in [0.3, 0.4) is 0 Å². The molecule has 3 aliphatic rings. The molecule has 16 nitrogen and oxygen atoms in total. The van der Waals surface area contributed by atoms with Crippen LogP contribution in [0, 0.1) is 0 Å². The Morgan fingerprint density at radius 1 is 0.914 bits per heavy atom. The topological polar surface area (TPSA) is 188 Å². The van der Waals surface area contributed by atoms with E-state index in [2.05, 4.69) is 41.5 Å². The zero-order valence-corrected chi connectivity index (χ0v) is 34.2. The van der Waals surface area contributed by atoms with Gasteiger partial charge in [-0.05, 0) is 68.6 Å². The van der Waals surface area contributed by atoms with Gasteiger partial charge < -0.3 is 44.9 Å². The second-order valence-electron chi connectivity index (χ2n) is 14.1. The number of halogens is 1. The predicted octanol–water partition coefficient (Wildman–Crippen LogP) is 5.56. The number of imide groups is 1. The number of aromatic nitrogens is 2. The predicted molar refractivity (Wildman–Crippen MR) is 223 cm³/mol. The number of anilines is 6. The fourth-order valence-electron chi connectivity index (χ4n) is 7.54. The van der Waals surface area contributed by atoms with Gasteiger partial charge in [0.15, 0.2) is 5.82 Å². The Hall–Kier alpha value is -5.25. The third kappa shape index (κ3) is 8.91. The molecule has 0 spiro atoms. The van der Waals surface area contributed by atoms with Gasteiger partial charge in [0.1, 0.15) is 16.8 Å². The number of rotatable bonds is 16. The number of methoxy groups -OCH3 is 1. The number of piperidine rings is 2. The van der Waals surface area contributed by atoms with E-state index in [1.807, 2.05) is 30.3 Å². The van der Waals surface area contributed by atoms with Crippen LogP contribution in [0.25, 0.3) is 0 Å². The Labute approximate surface area is 341 Å². The molecule has 3 amide bonds. The van der Waals surface area contributed by atoms with Gasteiger partial charge in [0.25, 0.3) is 5.91 Å². The van der Waals surface area contributed by atoms with Crippen molar-refractivity contribution < 1.29 is 32.7 Å². The number of carbonyl (C=O) groups excluding carboxylic acids is 3. The molecule has 306 valence electrons. The molecule has 0 bridgehead atoms. The summed E-state index contributed by atoms with van der Waals surface area (Å²) in [6.07, 6.45) is 4.92. The van der Waals surface area contributed by atoms with Crippen LogP contribution in [0.1, 0.15) is 48.0 Å². The summed E-state index contributed by atoms with van der Waals surface area (Å²) in [6, 6.07) is 18.3. The molecule has 1 unspecified atom stereocenters. The molecule has 5 N–H and O–H groups in total. The van der Waals surface area contributed by atoms with E-state index >= 15 is 0 Å². The largest absolute Gasteiger partial charge is 0.494 e. The van der Waals surface area contributed by atoms with Crippen molar-refractivity contribution in [2.45, 2.75) is 50.7 Å². The minimum atomic E-state index is -3.56. The Bertz CT molecular complexity index is 2210. The highest BCUT2D eigenvalue weighted by atomic mass is 35.5. The summed E-state index contributed by atoms with van der Waals surface area (Å²) in [5.41, 5.74) is 4.58. The Morgan fingerprint density at radius 2 is 1.69 bits per heavy atom. The zero-order chi connectivity index (χ0) is 40.8. The van der Waals surface area contributed by atoms with Gasteiger partial charge in [-0.25, -0.2) is 4.98 Å². The molecular formula is C40H47ClN9O7P. The van der Waals surface area contributed by atoms with Crippen LogP contribution in [-0.2, 0) is 29.7 Å². The summed E-state index contributed by atoms with van der Waals surface area (Å²) in [6.45, 7) is 3.69. The molecule has 1 atom stereocenters. The lowest BCUT2D eigenvalue weighted by Crippen LogP contribution is -2.52. The lowest BCUT2D eigenvalue weighted by Gasteiger charge is -2.34. The molecule has 2 saturated heterocycles. The van der Waals surface area contributed by atoms with Crippen molar-refractivity contribution in [1.82, 2.24) is 25.5 Å².